The fourth-order valence-corrected chi connectivity index (χ4v) is 16.4. The Bertz CT molecular complexity index is 6180. The zero-order valence-electron chi connectivity index (χ0n) is 68.5. The maximum absolute atomic E-state index is 12.8. The summed E-state index contributed by atoms with van der Waals surface area (Å²) in [6.45, 7) is 11.8. The number of aryl methyl sites for hydroxylation is 2. The number of likely N-dealkylation sites (tertiary alicyclic amines) is 1. The number of oxazole rings is 2. The average Bonchev–Trinajstić information content (AvgIpc) is 1.65. The minimum absolute atomic E-state index is 0.0393. The number of rotatable bonds is 23. The van der Waals surface area contributed by atoms with Crippen LogP contribution in [0.2, 0.25) is 5.15 Å². The number of fused-ring (bicyclic) bond motifs is 5. The molecule has 10 N–H and O–H groups in total. The summed E-state index contributed by atoms with van der Waals surface area (Å²) < 4.78 is 44.0. The predicted octanol–water partition coefficient (Wildman–Crippen LogP) is 15.4. The summed E-state index contributed by atoms with van der Waals surface area (Å²) >= 11 is 6.53. The Morgan fingerprint density at radius 2 is 1.02 bits per heavy atom. The molecular weight excluding hydrogens is 1560 g/mol. The van der Waals surface area contributed by atoms with E-state index in [2.05, 4.69) is 61.5 Å². The maximum Gasteiger partial charge on any atom is 0.254 e. The summed E-state index contributed by atoms with van der Waals surface area (Å²) in [7, 11) is 6.71. The van der Waals surface area contributed by atoms with Crippen LogP contribution in [-0.2, 0) is 0 Å². The van der Waals surface area contributed by atoms with Crippen molar-refractivity contribution in [2.24, 2.45) is 0 Å². The summed E-state index contributed by atoms with van der Waals surface area (Å²) in [5.74, 6) is 4.21. The van der Waals surface area contributed by atoms with Crippen LogP contribution < -0.4 is 50.3 Å². The Hall–Kier alpha value is -12.9. The molecule has 14 aromatic rings. The van der Waals surface area contributed by atoms with E-state index in [1.807, 2.05) is 109 Å². The lowest BCUT2D eigenvalue weighted by molar-refractivity contribution is -0.0114. The molecule has 5 aliphatic rings. The minimum atomic E-state index is -0.701. The Balaban J connectivity index is 0.000000130. The van der Waals surface area contributed by atoms with Crippen LogP contribution in [0.4, 0.5) is 34.9 Å². The first-order valence-electron chi connectivity index (χ1n) is 40.9. The van der Waals surface area contributed by atoms with Gasteiger partial charge in [-0.1, -0.05) is 35.9 Å². The van der Waals surface area contributed by atoms with Crippen LogP contribution in [0.3, 0.4) is 0 Å². The minimum Gasteiger partial charge on any atom is -0.495 e. The first-order valence-corrected chi connectivity index (χ1v) is 41.3. The van der Waals surface area contributed by atoms with Crippen molar-refractivity contribution in [3.63, 3.8) is 0 Å². The molecule has 626 valence electrons. The smallest absolute Gasteiger partial charge is 0.254 e. The standard InChI is InChI=1S/C33H39N7O5.C30H30N6O5.C25H26ClN7O2/c1-33(43)13-11-23(12-14-33)45-31-27-24(19-5-7-20(8-6-19)29(41)34-2)16-35-28(27)38-32(39-31)37-25-10-9-21(15-26(25)44-4)30(42)36-22-17-40(3)18-22;1-16-32-23-9-7-17(11-25(23)40-16)21-13-31-27-26(21)28(41-20-5-3-4-6-20)35-30(34-27)33-22-10-8-18(12-24(22)39-2)29(38)36-14-19(36)15-37;1-13(2)33-22(26)19(12-28-33)30-25-31-23-21(24(32-25)35-16-6-4-5-7-16)17(11-27-23)15-8-9-18-20(10-15)34-14(3)29-18/h5-10,15-16,22-23,43H,11-14,17-18H2,1-4H3,(H,34,41)(H,36,42)(H2,35,37,38,39);7-13,19-20,37H,3-6,14-15H2,1-2H3,(H2,31,33,34,35);8-13,16H,4-7H2,1-3H3,(H2,27,30,31,32)/t;19-,36?;/m.0./s1. The third-order valence-corrected chi connectivity index (χ3v) is 23.1. The van der Waals surface area contributed by atoms with Gasteiger partial charge < -0.3 is 94.1 Å². The number of ether oxygens (including phenoxy) is 5. The quantitative estimate of drug-likeness (QED) is 0.0266. The first kappa shape index (κ1) is 80.5. The molecule has 32 nitrogen and oxygen atoms in total. The SMILES string of the molecule is CNC(=O)c1ccc(-c2c[nH]c3nc(Nc4ccc(C(=O)NC5CN(C)C5)cc4OC)nc(OC4CCC(C)(O)CC4)c23)cc1.COc1cc(C(=O)N2C[C@H]2CO)ccc1Nc1nc(OC2CCCC2)c2c(-c3ccc4nc(C)oc4c3)c[nH]c2n1.Cc1nc2ccc(-c3c[nH]c4nc(Nc5cnn(C(C)C)c5Cl)nc(OC5CCCC5)c34)cc2o1. The van der Waals surface area contributed by atoms with Crippen molar-refractivity contribution in [1.82, 2.24) is 85.0 Å². The van der Waals surface area contributed by atoms with Crippen LogP contribution in [0.25, 0.3) is 88.7 Å². The van der Waals surface area contributed by atoms with Crippen LogP contribution in [0.1, 0.15) is 147 Å². The number of carbonyl (C=O) groups is 3. The zero-order chi connectivity index (χ0) is 83.9. The molecule has 1 atom stereocenters. The molecule has 33 heteroatoms. The number of nitrogens with one attached hydrogen (secondary N) is 8. The topological polar surface area (TPSA) is 399 Å². The van der Waals surface area contributed by atoms with Crippen LogP contribution in [0.5, 0.6) is 29.1 Å². The van der Waals surface area contributed by atoms with E-state index >= 15 is 0 Å². The summed E-state index contributed by atoms with van der Waals surface area (Å²) in [5, 5.41) is 42.4. The second-order valence-corrected chi connectivity index (χ2v) is 32.3. The molecule has 3 saturated carbocycles. The third kappa shape index (κ3) is 17.3. The van der Waals surface area contributed by atoms with Gasteiger partial charge in [0.25, 0.3) is 17.7 Å². The van der Waals surface area contributed by atoms with Crippen molar-refractivity contribution in [2.45, 2.75) is 154 Å². The van der Waals surface area contributed by atoms with Crippen LogP contribution in [0, 0.1) is 13.8 Å². The molecule has 3 amide bonds. The summed E-state index contributed by atoms with van der Waals surface area (Å²) in [6, 6.07) is 29.7. The number of hydrogen-bond donors (Lipinski definition) is 10. The monoisotopic (exact) mass is 1660 g/mol. The molecule has 19 rings (SSSR count). The number of H-pyrrole nitrogens is 3. The summed E-state index contributed by atoms with van der Waals surface area (Å²) in [5.41, 5.74) is 13.1. The van der Waals surface area contributed by atoms with E-state index < -0.39 is 5.60 Å². The molecule has 0 radical (unpaired) electrons. The lowest BCUT2D eigenvalue weighted by Gasteiger charge is -2.36. The molecular formula is C88H95ClN20O12. The normalized spacial score (nSPS) is 17.5. The summed E-state index contributed by atoms with van der Waals surface area (Å²) in [6.07, 6.45) is 18.7. The van der Waals surface area contributed by atoms with Crippen LogP contribution in [0.15, 0.2) is 131 Å². The number of nitrogens with zero attached hydrogens (tertiary/aromatic N) is 12. The van der Waals surface area contributed by atoms with E-state index in [0.717, 1.165) is 125 Å². The van der Waals surface area contributed by atoms with E-state index in [9.17, 15) is 24.6 Å². The van der Waals surface area contributed by atoms with Crippen molar-refractivity contribution >= 4 is 120 Å². The number of halogens is 1. The molecule has 0 bridgehead atoms. The molecule has 2 saturated heterocycles. The molecule has 5 aromatic carbocycles. The van der Waals surface area contributed by atoms with E-state index in [-0.39, 0.29) is 66.7 Å². The molecule has 121 heavy (non-hydrogen) atoms. The maximum atomic E-state index is 12.8. The highest BCUT2D eigenvalue weighted by molar-refractivity contribution is 6.32. The predicted molar refractivity (Wildman–Crippen MR) is 459 cm³/mol. The zero-order valence-corrected chi connectivity index (χ0v) is 69.3. The highest BCUT2D eigenvalue weighted by Gasteiger charge is 2.39. The Morgan fingerprint density at radius 3 is 1.46 bits per heavy atom. The lowest BCUT2D eigenvalue weighted by Crippen LogP contribution is -2.57. The number of likely N-dealkylation sites (N-methyl/N-ethyl adjacent to an activating group) is 1. The number of hydrogen-bond acceptors (Lipinski definition) is 25. The fraction of sp³-hybridized carbons (Fsp3) is 0.364. The van der Waals surface area contributed by atoms with Gasteiger partial charge in [-0.15, -0.1) is 0 Å². The van der Waals surface area contributed by atoms with Crippen molar-refractivity contribution in [3.05, 3.63) is 155 Å². The number of methoxy groups -OCH3 is 2. The largest absolute Gasteiger partial charge is 0.495 e. The number of aliphatic hydroxyl groups is 2. The number of benzene rings is 5. The van der Waals surface area contributed by atoms with Gasteiger partial charge in [0.05, 0.1) is 77.9 Å². The van der Waals surface area contributed by atoms with Crippen molar-refractivity contribution in [2.75, 3.05) is 70.5 Å². The molecule has 0 spiro atoms. The van der Waals surface area contributed by atoms with Gasteiger partial charge in [-0.2, -0.15) is 35.0 Å². The molecule has 3 aliphatic carbocycles. The van der Waals surface area contributed by atoms with Gasteiger partial charge in [-0.05, 0) is 194 Å². The van der Waals surface area contributed by atoms with Gasteiger partial charge in [-0.3, -0.25) is 14.4 Å². The highest BCUT2D eigenvalue weighted by atomic mass is 35.5. The Labute approximate surface area is 700 Å². The fourth-order valence-electron chi connectivity index (χ4n) is 16.1. The number of amides is 3. The average molecular weight is 1660 g/mol. The second-order valence-electron chi connectivity index (χ2n) is 32.0. The molecule has 11 heterocycles. The third-order valence-electron chi connectivity index (χ3n) is 22.7. The highest BCUT2D eigenvalue weighted by Crippen LogP contribution is 2.44. The Kier molecular flexibility index (Phi) is 22.7. The van der Waals surface area contributed by atoms with Crippen molar-refractivity contribution < 1.29 is 57.1 Å². The molecule has 9 aromatic heterocycles. The molecule has 0 unspecified atom stereocenters. The van der Waals surface area contributed by atoms with Gasteiger partial charge in [0.1, 0.15) is 57.8 Å². The number of aromatic nitrogens is 13. The first-order chi connectivity index (χ1) is 58.6. The number of carbonyl (C=O) groups excluding carboxylic acids is 3. The second kappa shape index (κ2) is 34.1. The van der Waals surface area contributed by atoms with Gasteiger partial charge >= 0.3 is 0 Å². The van der Waals surface area contributed by atoms with E-state index in [0.29, 0.717) is 152 Å². The van der Waals surface area contributed by atoms with Gasteiger partial charge in [-0.25, -0.2) is 14.6 Å². The van der Waals surface area contributed by atoms with Crippen molar-refractivity contribution in [3.8, 4) is 62.5 Å². The number of aliphatic hydroxyl groups excluding tert-OH is 1. The number of anilines is 6. The van der Waals surface area contributed by atoms with E-state index in [1.54, 1.807) is 85.6 Å². The van der Waals surface area contributed by atoms with Crippen molar-refractivity contribution in [1.29, 1.82) is 0 Å². The number of aromatic amines is 3. The molecule has 2 aliphatic heterocycles. The van der Waals surface area contributed by atoms with Crippen LogP contribution in [-0.4, -0.2) is 193 Å². The van der Waals surface area contributed by atoms with E-state index in [1.165, 1.54) is 0 Å². The van der Waals surface area contributed by atoms with Gasteiger partial charge in [0, 0.05) is 98.5 Å². The Morgan fingerprint density at radius 1 is 0.570 bits per heavy atom. The molecule has 5 fully saturated rings. The van der Waals surface area contributed by atoms with Gasteiger partial charge in [0.2, 0.25) is 35.5 Å². The van der Waals surface area contributed by atoms with Gasteiger partial charge in [0.15, 0.2) is 28.1 Å². The lowest BCUT2D eigenvalue weighted by atomic mass is 9.85. The summed E-state index contributed by atoms with van der Waals surface area (Å²) in [4.78, 5) is 88.7. The van der Waals surface area contributed by atoms with Crippen LogP contribution >= 0.6 is 11.6 Å². The van der Waals surface area contributed by atoms with E-state index in [4.69, 9.17) is 74.0 Å².